The number of fused-ring (bicyclic) bond motifs is 1. The highest BCUT2D eigenvalue weighted by Crippen LogP contribution is 2.31. The van der Waals surface area contributed by atoms with Gasteiger partial charge in [-0.3, -0.25) is 24.6 Å². The van der Waals surface area contributed by atoms with E-state index >= 15 is 0 Å². The van der Waals surface area contributed by atoms with E-state index in [-0.39, 0.29) is 41.7 Å². The van der Waals surface area contributed by atoms with Gasteiger partial charge in [0, 0.05) is 69.5 Å². The molecule has 2 N–H and O–H groups in total. The summed E-state index contributed by atoms with van der Waals surface area (Å²) >= 11 is 0. The molecule has 3 amide bonds. The number of carbonyl (C=O) groups is 3. The van der Waals surface area contributed by atoms with Crippen LogP contribution in [0.3, 0.4) is 0 Å². The Morgan fingerprint density at radius 3 is 2.40 bits per heavy atom. The maximum atomic E-state index is 13.0. The van der Waals surface area contributed by atoms with E-state index in [0.717, 1.165) is 49.8 Å². The van der Waals surface area contributed by atoms with Gasteiger partial charge < -0.3 is 19.9 Å². The maximum absolute atomic E-state index is 13.0. The third-order valence-corrected chi connectivity index (χ3v) is 11.1. The summed E-state index contributed by atoms with van der Waals surface area (Å²) in [5.41, 5.74) is 2.46. The number of amides is 3. The van der Waals surface area contributed by atoms with Gasteiger partial charge in [-0.1, -0.05) is 0 Å². The molecule has 3 saturated heterocycles. The topological polar surface area (TPSA) is 157 Å². The number of hydrogen-bond acceptors (Lipinski definition) is 11. The summed E-state index contributed by atoms with van der Waals surface area (Å²) in [6.07, 6.45) is 4.55. The molecule has 0 spiro atoms. The van der Waals surface area contributed by atoms with E-state index in [1.165, 1.54) is 4.31 Å². The van der Waals surface area contributed by atoms with Gasteiger partial charge in [-0.05, 0) is 56.0 Å². The van der Waals surface area contributed by atoms with Crippen LogP contribution in [0.1, 0.15) is 48.0 Å². The number of anilines is 2. The zero-order chi connectivity index (χ0) is 33.1. The first-order valence-electron chi connectivity index (χ1n) is 15.8. The van der Waals surface area contributed by atoms with Crippen LogP contribution in [0, 0.1) is 0 Å². The fourth-order valence-corrected chi connectivity index (χ4v) is 8.12. The minimum Gasteiger partial charge on any atom is -0.432 e. The highest BCUT2D eigenvalue weighted by atomic mass is 32.2. The molecule has 4 aliphatic heterocycles. The van der Waals surface area contributed by atoms with Crippen molar-refractivity contribution >= 4 is 39.4 Å². The Morgan fingerprint density at radius 1 is 1.00 bits per heavy atom. The number of aromatic nitrogens is 2. The minimum absolute atomic E-state index is 0.0324. The normalized spacial score (nSPS) is 21.7. The number of benzene rings is 1. The van der Waals surface area contributed by atoms with Crippen LogP contribution in [0.25, 0.3) is 0 Å². The van der Waals surface area contributed by atoms with E-state index in [4.69, 9.17) is 0 Å². The highest BCUT2D eigenvalue weighted by Gasteiger charge is 2.39. The SMILES string of the molecule is O=C1CCC(N2Cc3cc(N4CCN(CCCS(=O)(=O)N5CCC(Nc6ncc(OC(F)F)cn6)CC5)CC4)ccc3C2=O)C(=O)N1. The second-order valence-corrected chi connectivity index (χ2v) is 14.3. The van der Waals surface area contributed by atoms with Crippen molar-refractivity contribution in [3.8, 4) is 5.75 Å². The van der Waals surface area contributed by atoms with Gasteiger partial charge in [0.1, 0.15) is 6.04 Å². The van der Waals surface area contributed by atoms with E-state index in [9.17, 15) is 31.6 Å². The van der Waals surface area contributed by atoms with Crippen LogP contribution in [0.15, 0.2) is 30.6 Å². The summed E-state index contributed by atoms with van der Waals surface area (Å²) in [6, 6.07) is 5.08. The number of halogens is 2. The van der Waals surface area contributed by atoms with Gasteiger partial charge in [0.2, 0.25) is 27.8 Å². The Hall–Kier alpha value is -3.96. The van der Waals surface area contributed by atoms with E-state index in [1.807, 2.05) is 18.2 Å². The van der Waals surface area contributed by atoms with Crippen LogP contribution in [-0.4, -0.2) is 120 Å². The lowest BCUT2D eigenvalue weighted by Gasteiger charge is -2.36. The molecule has 47 heavy (non-hydrogen) atoms. The quantitative estimate of drug-likeness (QED) is 0.330. The Labute approximate surface area is 271 Å². The van der Waals surface area contributed by atoms with Gasteiger partial charge in [-0.15, -0.1) is 0 Å². The summed E-state index contributed by atoms with van der Waals surface area (Å²) in [5.74, 6) is -0.711. The molecule has 14 nitrogen and oxygen atoms in total. The largest absolute Gasteiger partial charge is 0.432 e. The first-order chi connectivity index (χ1) is 22.6. The molecular formula is C30H38F2N8O6S. The van der Waals surface area contributed by atoms with Crippen molar-refractivity contribution in [3.05, 3.63) is 41.7 Å². The van der Waals surface area contributed by atoms with Crippen LogP contribution in [0.4, 0.5) is 20.4 Å². The molecule has 1 aromatic carbocycles. The van der Waals surface area contributed by atoms with Crippen LogP contribution >= 0.6 is 0 Å². The molecule has 0 saturated carbocycles. The third-order valence-electron chi connectivity index (χ3n) is 9.16. The second kappa shape index (κ2) is 14.0. The van der Waals surface area contributed by atoms with Gasteiger partial charge in [0.25, 0.3) is 5.91 Å². The molecule has 1 atom stereocenters. The molecule has 5 heterocycles. The van der Waals surface area contributed by atoms with Crippen LogP contribution in [0.5, 0.6) is 5.75 Å². The predicted molar refractivity (Wildman–Crippen MR) is 166 cm³/mol. The number of carbonyl (C=O) groups excluding carboxylic acids is 3. The number of rotatable bonds is 11. The highest BCUT2D eigenvalue weighted by molar-refractivity contribution is 7.89. The molecule has 4 aliphatic rings. The lowest BCUT2D eigenvalue weighted by atomic mass is 10.0. The number of alkyl halides is 2. The molecule has 17 heteroatoms. The fraction of sp³-hybridized carbons (Fsp3) is 0.567. The van der Waals surface area contributed by atoms with Crippen molar-refractivity contribution in [2.45, 2.75) is 57.3 Å². The van der Waals surface area contributed by atoms with E-state index in [0.29, 0.717) is 57.4 Å². The summed E-state index contributed by atoms with van der Waals surface area (Å²) in [6.45, 7) is 1.92. The first kappa shape index (κ1) is 33.0. The lowest BCUT2D eigenvalue weighted by Crippen LogP contribution is -2.52. The smallest absolute Gasteiger partial charge is 0.387 e. The number of imide groups is 1. The number of ether oxygens (including phenoxy) is 1. The Bertz CT molecular complexity index is 1580. The molecule has 254 valence electrons. The van der Waals surface area contributed by atoms with Crippen LogP contribution in [0.2, 0.25) is 0 Å². The minimum atomic E-state index is -3.40. The second-order valence-electron chi connectivity index (χ2n) is 12.2. The molecule has 2 aromatic rings. The van der Waals surface area contributed by atoms with Crippen molar-refractivity contribution in [3.63, 3.8) is 0 Å². The Morgan fingerprint density at radius 2 is 1.72 bits per heavy atom. The van der Waals surface area contributed by atoms with Gasteiger partial charge in [0.15, 0.2) is 5.75 Å². The van der Waals surface area contributed by atoms with Crippen LogP contribution < -0.4 is 20.3 Å². The number of hydrogen-bond donors (Lipinski definition) is 2. The van der Waals surface area contributed by atoms with Crippen molar-refractivity contribution in [2.75, 3.05) is 61.8 Å². The summed E-state index contributed by atoms with van der Waals surface area (Å²) < 4.78 is 56.5. The summed E-state index contributed by atoms with van der Waals surface area (Å²) in [5, 5.41) is 5.46. The molecular weight excluding hydrogens is 638 g/mol. The van der Waals surface area contributed by atoms with Crippen molar-refractivity contribution in [2.24, 2.45) is 0 Å². The first-order valence-corrected chi connectivity index (χ1v) is 17.4. The van der Waals surface area contributed by atoms with Gasteiger partial charge >= 0.3 is 6.61 Å². The summed E-state index contributed by atoms with van der Waals surface area (Å²) in [4.78, 5) is 50.9. The molecule has 0 aliphatic carbocycles. The predicted octanol–water partition coefficient (Wildman–Crippen LogP) is 1.26. The van der Waals surface area contributed by atoms with Gasteiger partial charge in [0.05, 0.1) is 18.1 Å². The molecule has 6 rings (SSSR count). The average molecular weight is 677 g/mol. The standard InChI is InChI=1S/C30H38F2N8O6S/c31-29(32)46-23-17-33-30(34-18-23)35-21-6-9-39(10-7-21)47(44,45)15-1-8-37-11-13-38(14-12-37)22-2-3-24-20(16-22)19-40(28(24)43)25-4-5-26(41)36-27(25)42/h2-3,16-18,21,25,29H,1,4-15,19H2,(H,33,34,35)(H,36,41,42). The monoisotopic (exact) mass is 676 g/mol. The van der Waals surface area contributed by atoms with Crippen molar-refractivity contribution in [1.82, 2.24) is 29.4 Å². The molecule has 0 radical (unpaired) electrons. The van der Waals surface area contributed by atoms with Gasteiger partial charge in [-0.2, -0.15) is 8.78 Å². The number of piperidine rings is 2. The molecule has 1 aromatic heterocycles. The summed E-state index contributed by atoms with van der Waals surface area (Å²) in [7, 11) is -3.40. The van der Waals surface area contributed by atoms with Crippen molar-refractivity contribution < 1.29 is 36.3 Å². The molecule has 1 unspecified atom stereocenters. The maximum Gasteiger partial charge on any atom is 0.387 e. The average Bonchev–Trinajstić information content (AvgIpc) is 3.37. The van der Waals surface area contributed by atoms with Crippen molar-refractivity contribution in [1.29, 1.82) is 0 Å². The van der Waals surface area contributed by atoms with E-state index in [1.54, 1.807) is 4.90 Å². The molecule has 0 bridgehead atoms. The van der Waals surface area contributed by atoms with E-state index in [2.05, 4.69) is 35.1 Å². The third kappa shape index (κ3) is 7.79. The van der Waals surface area contributed by atoms with Gasteiger partial charge in [-0.25, -0.2) is 22.7 Å². The van der Waals surface area contributed by atoms with E-state index < -0.39 is 28.6 Å². The Balaban J connectivity index is 0.913. The van der Waals surface area contributed by atoms with Crippen LogP contribution in [-0.2, 0) is 26.2 Å². The molecule has 3 fully saturated rings. The number of nitrogens with one attached hydrogen (secondary N) is 2. The fourth-order valence-electron chi connectivity index (χ4n) is 6.60. The zero-order valence-corrected chi connectivity index (χ0v) is 26.6. The number of piperazine rings is 1. The lowest BCUT2D eigenvalue weighted by molar-refractivity contribution is -0.136. The Kier molecular flexibility index (Phi) is 9.84. The number of sulfonamides is 1. The zero-order valence-electron chi connectivity index (χ0n) is 25.8. The number of nitrogens with zero attached hydrogens (tertiary/aromatic N) is 6.